The van der Waals surface area contributed by atoms with Gasteiger partial charge in [0.15, 0.2) is 5.82 Å². The van der Waals surface area contributed by atoms with Gasteiger partial charge in [0.05, 0.1) is 6.20 Å². The lowest BCUT2D eigenvalue weighted by molar-refractivity contribution is 0.867. The van der Waals surface area contributed by atoms with Gasteiger partial charge in [0.25, 0.3) is 0 Å². The Morgan fingerprint density at radius 1 is 1.32 bits per heavy atom. The first-order chi connectivity index (χ1) is 9.13. The summed E-state index contributed by atoms with van der Waals surface area (Å²) in [5.41, 5.74) is 3.81. The quantitative estimate of drug-likeness (QED) is 0.907. The van der Waals surface area contributed by atoms with Gasteiger partial charge in [0.1, 0.15) is 18.0 Å². The van der Waals surface area contributed by atoms with E-state index < -0.39 is 0 Å². The minimum atomic E-state index is 0.398. The molecule has 1 N–H and O–H groups in total. The van der Waals surface area contributed by atoms with Crippen LogP contribution < -0.4 is 5.32 Å². The number of nitriles is 1. The number of para-hydroxylation sites is 1. The van der Waals surface area contributed by atoms with Crippen LogP contribution >= 0.6 is 0 Å². The van der Waals surface area contributed by atoms with E-state index in [1.807, 2.05) is 19.1 Å². The highest BCUT2D eigenvalue weighted by Gasteiger charge is 2.11. The van der Waals surface area contributed by atoms with Gasteiger partial charge in [0, 0.05) is 5.69 Å². The third-order valence-corrected chi connectivity index (χ3v) is 3.00. The summed E-state index contributed by atoms with van der Waals surface area (Å²) in [7, 11) is 0. The molecule has 0 saturated heterocycles. The van der Waals surface area contributed by atoms with Crippen molar-refractivity contribution in [3.05, 3.63) is 47.4 Å². The smallest absolute Gasteiger partial charge is 0.151 e. The van der Waals surface area contributed by atoms with Gasteiger partial charge in [-0.15, -0.1) is 0 Å². The van der Waals surface area contributed by atoms with Gasteiger partial charge in [-0.2, -0.15) is 5.26 Å². The van der Waals surface area contributed by atoms with Crippen LogP contribution in [0, 0.1) is 18.3 Å². The molecule has 0 saturated carbocycles. The number of hydrogen-bond donors (Lipinski definition) is 1. The fourth-order valence-corrected chi connectivity index (χ4v) is 1.97. The first kappa shape index (κ1) is 13.0. The largest absolute Gasteiger partial charge is 0.339 e. The molecule has 4 heteroatoms. The van der Waals surface area contributed by atoms with Crippen molar-refractivity contribution in [3.63, 3.8) is 0 Å². The van der Waals surface area contributed by atoms with Crippen LogP contribution in [0.4, 0.5) is 11.5 Å². The zero-order valence-electron chi connectivity index (χ0n) is 11.3. The van der Waals surface area contributed by atoms with Crippen molar-refractivity contribution in [2.24, 2.45) is 0 Å². The summed E-state index contributed by atoms with van der Waals surface area (Å²) in [5.74, 6) is 0.948. The molecular formula is C15H16N4. The highest BCUT2D eigenvalue weighted by atomic mass is 15.0. The Bertz CT molecular complexity index is 626. The third kappa shape index (κ3) is 2.71. The standard InChI is InChI=1S/C15H16N4/c1-10(2)13-6-4-5-11(3)14(13)19-15-12(7-16)8-17-9-18-15/h4-6,8-10H,1-3H3,(H,17,18,19). The Balaban J connectivity index is 2.47. The number of aryl methyl sites for hydroxylation is 1. The van der Waals surface area contributed by atoms with Crippen molar-refractivity contribution in [1.29, 1.82) is 5.26 Å². The summed E-state index contributed by atoms with van der Waals surface area (Å²) in [5, 5.41) is 12.3. The van der Waals surface area contributed by atoms with E-state index in [0.29, 0.717) is 17.3 Å². The fraction of sp³-hybridized carbons (Fsp3) is 0.267. The first-order valence-electron chi connectivity index (χ1n) is 6.20. The van der Waals surface area contributed by atoms with Crippen molar-refractivity contribution < 1.29 is 0 Å². The number of rotatable bonds is 3. The monoisotopic (exact) mass is 252 g/mol. The maximum atomic E-state index is 9.07. The molecule has 2 rings (SSSR count). The van der Waals surface area contributed by atoms with Gasteiger partial charge < -0.3 is 5.32 Å². The molecule has 0 amide bonds. The first-order valence-corrected chi connectivity index (χ1v) is 6.20. The minimum absolute atomic E-state index is 0.398. The zero-order valence-corrected chi connectivity index (χ0v) is 11.3. The average molecular weight is 252 g/mol. The molecule has 0 unspecified atom stereocenters. The topological polar surface area (TPSA) is 61.6 Å². The number of hydrogen-bond acceptors (Lipinski definition) is 4. The van der Waals surface area contributed by atoms with E-state index >= 15 is 0 Å². The highest BCUT2D eigenvalue weighted by Crippen LogP contribution is 2.30. The van der Waals surface area contributed by atoms with E-state index in [9.17, 15) is 0 Å². The molecule has 1 aromatic heterocycles. The van der Waals surface area contributed by atoms with Crippen LogP contribution in [0.25, 0.3) is 0 Å². The van der Waals surface area contributed by atoms with E-state index in [1.165, 1.54) is 18.1 Å². The van der Waals surface area contributed by atoms with Gasteiger partial charge >= 0.3 is 0 Å². The molecular weight excluding hydrogens is 236 g/mol. The van der Waals surface area contributed by atoms with Gasteiger partial charge in [0.2, 0.25) is 0 Å². The van der Waals surface area contributed by atoms with Gasteiger partial charge in [-0.05, 0) is 24.0 Å². The fourth-order valence-electron chi connectivity index (χ4n) is 1.97. The Morgan fingerprint density at radius 3 is 2.79 bits per heavy atom. The lowest BCUT2D eigenvalue weighted by atomic mass is 9.98. The second kappa shape index (κ2) is 5.49. The minimum Gasteiger partial charge on any atom is -0.339 e. The maximum Gasteiger partial charge on any atom is 0.151 e. The Kier molecular flexibility index (Phi) is 3.76. The van der Waals surface area contributed by atoms with Crippen LogP contribution in [0.1, 0.15) is 36.5 Å². The summed E-state index contributed by atoms with van der Waals surface area (Å²) in [4.78, 5) is 8.01. The van der Waals surface area contributed by atoms with Crippen molar-refractivity contribution >= 4 is 11.5 Å². The molecule has 0 spiro atoms. The molecule has 0 aliphatic heterocycles. The zero-order chi connectivity index (χ0) is 13.8. The third-order valence-electron chi connectivity index (χ3n) is 3.00. The molecule has 96 valence electrons. The second-order valence-corrected chi connectivity index (χ2v) is 4.72. The molecule has 1 heterocycles. The molecule has 4 nitrogen and oxygen atoms in total. The van der Waals surface area contributed by atoms with Gasteiger partial charge in [-0.1, -0.05) is 32.0 Å². The van der Waals surface area contributed by atoms with Crippen LogP contribution in [-0.4, -0.2) is 9.97 Å². The Morgan fingerprint density at radius 2 is 2.11 bits per heavy atom. The Labute approximate surface area is 113 Å². The molecule has 0 fully saturated rings. The SMILES string of the molecule is Cc1cccc(C(C)C)c1Nc1ncncc1C#N. The van der Waals surface area contributed by atoms with E-state index in [4.69, 9.17) is 5.26 Å². The van der Waals surface area contributed by atoms with Crippen LogP contribution in [0.15, 0.2) is 30.7 Å². The molecule has 0 radical (unpaired) electrons. The van der Waals surface area contributed by atoms with E-state index in [0.717, 1.165) is 11.3 Å². The average Bonchev–Trinajstić information content (AvgIpc) is 2.41. The van der Waals surface area contributed by atoms with Crippen molar-refractivity contribution in [3.8, 4) is 6.07 Å². The number of benzene rings is 1. The predicted molar refractivity (Wildman–Crippen MR) is 75.3 cm³/mol. The summed E-state index contributed by atoms with van der Waals surface area (Å²) < 4.78 is 0. The summed E-state index contributed by atoms with van der Waals surface area (Å²) >= 11 is 0. The van der Waals surface area contributed by atoms with Gasteiger partial charge in [-0.25, -0.2) is 9.97 Å². The second-order valence-electron chi connectivity index (χ2n) is 4.72. The molecule has 1 aromatic carbocycles. The molecule has 19 heavy (non-hydrogen) atoms. The number of aromatic nitrogens is 2. The molecule has 0 aliphatic carbocycles. The van der Waals surface area contributed by atoms with Crippen LogP contribution in [0.3, 0.4) is 0 Å². The van der Waals surface area contributed by atoms with E-state index in [1.54, 1.807) is 0 Å². The van der Waals surface area contributed by atoms with Crippen molar-refractivity contribution in [1.82, 2.24) is 9.97 Å². The van der Waals surface area contributed by atoms with E-state index in [2.05, 4.69) is 41.3 Å². The lowest BCUT2D eigenvalue weighted by Crippen LogP contribution is -2.03. The molecule has 0 aliphatic rings. The number of nitrogens with zero attached hydrogens (tertiary/aromatic N) is 3. The Hall–Kier alpha value is -2.41. The van der Waals surface area contributed by atoms with Crippen molar-refractivity contribution in [2.45, 2.75) is 26.7 Å². The predicted octanol–water partition coefficient (Wildman–Crippen LogP) is 3.52. The highest BCUT2D eigenvalue weighted by molar-refractivity contribution is 5.68. The molecule has 0 bridgehead atoms. The molecule has 0 atom stereocenters. The van der Waals surface area contributed by atoms with Crippen molar-refractivity contribution in [2.75, 3.05) is 5.32 Å². The number of nitrogens with one attached hydrogen (secondary N) is 1. The molecule has 2 aromatic rings. The van der Waals surface area contributed by atoms with Gasteiger partial charge in [-0.3, -0.25) is 0 Å². The lowest BCUT2D eigenvalue weighted by Gasteiger charge is -2.17. The van der Waals surface area contributed by atoms with Crippen LogP contribution in [0.5, 0.6) is 0 Å². The summed E-state index contributed by atoms with van der Waals surface area (Å²) in [6, 6.07) is 8.27. The van der Waals surface area contributed by atoms with Crippen LogP contribution in [0.2, 0.25) is 0 Å². The maximum absolute atomic E-state index is 9.07. The number of anilines is 2. The summed E-state index contributed by atoms with van der Waals surface area (Å²) in [6.45, 7) is 6.33. The van der Waals surface area contributed by atoms with Crippen LogP contribution in [-0.2, 0) is 0 Å². The normalized spacial score (nSPS) is 10.3. The van der Waals surface area contributed by atoms with E-state index in [-0.39, 0.29) is 0 Å². The summed E-state index contributed by atoms with van der Waals surface area (Å²) in [6.07, 6.45) is 2.96.